The minimum atomic E-state index is 0.0825. The molecule has 0 aromatic carbocycles. The normalized spacial score (nSPS) is 23.2. The molecule has 1 saturated heterocycles. The van der Waals surface area contributed by atoms with Crippen LogP contribution in [0.3, 0.4) is 0 Å². The van der Waals surface area contributed by atoms with E-state index in [4.69, 9.17) is 5.73 Å². The quantitative estimate of drug-likeness (QED) is 0.878. The molecular weight excluding hydrogens is 240 g/mol. The van der Waals surface area contributed by atoms with Crippen LogP contribution in [0.25, 0.3) is 5.65 Å². The van der Waals surface area contributed by atoms with Crippen molar-refractivity contribution in [3.8, 4) is 0 Å². The Morgan fingerprint density at radius 3 is 3.11 bits per heavy atom. The van der Waals surface area contributed by atoms with E-state index in [-0.39, 0.29) is 11.9 Å². The Bertz CT molecular complexity index is 606. The number of carbonyl (C=O) groups excluding carboxylic acids is 1. The first kappa shape index (κ1) is 12.2. The number of nitrogens with zero attached hydrogens (tertiary/aromatic N) is 3. The monoisotopic (exact) mass is 258 g/mol. The molecule has 2 aromatic rings. The molecule has 2 N–H and O–H groups in total. The van der Waals surface area contributed by atoms with Crippen molar-refractivity contribution in [2.75, 3.05) is 13.1 Å². The van der Waals surface area contributed by atoms with Crippen LogP contribution in [0, 0.1) is 5.92 Å². The molecule has 2 atom stereocenters. The van der Waals surface area contributed by atoms with Crippen LogP contribution in [0.1, 0.15) is 23.7 Å². The number of fused-ring (bicyclic) bond motifs is 1. The first-order valence-electron chi connectivity index (χ1n) is 6.63. The van der Waals surface area contributed by atoms with E-state index in [1.165, 1.54) is 0 Å². The van der Waals surface area contributed by atoms with E-state index in [1.54, 1.807) is 6.20 Å². The summed E-state index contributed by atoms with van der Waals surface area (Å²) in [5.74, 6) is 0.509. The van der Waals surface area contributed by atoms with E-state index >= 15 is 0 Å². The van der Waals surface area contributed by atoms with Crippen molar-refractivity contribution in [3.05, 3.63) is 36.3 Å². The van der Waals surface area contributed by atoms with Crippen molar-refractivity contribution in [2.24, 2.45) is 11.7 Å². The molecule has 0 bridgehead atoms. The fraction of sp³-hybridized carbons (Fsp3) is 0.429. The van der Waals surface area contributed by atoms with Gasteiger partial charge >= 0.3 is 0 Å². The van der Waals surface area contributed by atoms with Gasteiger partial charge in [0, 0.05) is 31.2 Å². The van der Waals surface area contributed by atoms with Gasteiger partial charge in [0.1, 0.15) is 5.65 Å². The van der Waals surface area contributed by atoms with Crippen LogP contribution >= 0.6 is 0 Å². The molecule has 0 aliphatic carbocycles. The van der Waals surface area contributed by atoms with Crippen LogP contribution in [-0.4, -0.2) is 39.3 Å². The van der Waals surface area contributed by atoms with Crippen LogP contribution in [0.2, 0.25) is 0 Å². The molecule has 5 nitrogen and oxygen atoms in total. The molecule has 2 aromatic heterocycles. The second-order valence-corrected chi connectivity index (χ2v) is 5.25. The van der Waals surface area contributed by atoms with E-state index in [2.05, 4.69) is 11.9 Å². The Morgan fingerprint density at radius 1 is 1.53 bits per heavy atom. The third-order valence-corrected chi connectivity index (χ3v) is 3.89. The highest BCUT2D eigenvalue weighted by atomic mass is 16.2. The predicted octanol–water partition coefficient (Wildman–Crippen LogP) is 1.14. The summed E-state index contributed by atoms with van der Waals surface area (Å²) in [5, 5.41) is 0. The summed E-state index contributed by atoms with van der Waals surface area (Å²) < 4.78 is 1.87. The molecule has 1 fully saturated rings. The third-order valence-electron chi connectivity index (χ3n) is 3.89. The van der Waals surface area contributed by atoms with E-state index in [0.29, 0.717) is 18.0 Å². The van der Waals surface area contributed by atoms with Gasteiger partial charge in [0.25, 0.3) is 5.91 Å². The number of amides is 1. The van der Waals surface area contributed by atoms with Crippen molar-refractivity contribution in [1.82, 2.24) is 14.3 Å². The molecule has 5 heteroatoms. The fourth-order valence-electron chi connectivity index (χ4n) is 2.81. The second-order valence-electron chi connectivity index (χ2n) is 5.25. The fourth-order valence-corrected chi connectivity index (χ4v) is 2.81. The second kappa shape index (κ2) is 4.66. The SMILES string of the molecule is CC1CC(CN)CN1C(=O)c1ccc2nccn2c1. The summed E-state index contributed by atoms with van der Waals surface area (Å²) in [7, 11) is 0. The molecule has 0 radical (unpaired) electrons. The Balaban J connectivity index is 1.87. The highest BCUT2D eigenvalue weighted by Crippen LogP contribution is 2.24. The number of aromatic nitrogens is 2. The molecule has 3 rings (SSSR count). The van der Waals surface area contributed by atoms with E-state index in [0.717, 1.165) is 18.6 Å². The molecule has 3 heterocycles. The van der Waals surface area contributed by atoms with Gasteiger partial charge in [-0.05, 0) is 37.9 Å². The van der Waals surface area contributed by atoms with E-state index in [9.17, 15) is 4.79 Å². The van der Waals surface area contributed by atoms with Crippen molar-refractivity contribution in [2.45, 2.75) is 19.4 Å². The Hall–Kier alpha value is -1.88. The van der Waals surface area contributed by atoms with Gasteiger partial charge < -0.3 is 15.0 Å². The van der Waals surface area contributed by atoms with Gasteiger partial charge in [0.15, 0.2) is 0 Å². The molecule has 0 spiro atoms. The predicted molar refractivity (Wildman–Crippen MR) is 72.9 cm³/mol. The molecule has 100 valence electrons. The van der Waals surface area contributed by atoms with Crippen LogP contribution in [0.4, 0.5) is 0 Å². The molecule has 1 aliphatic rings. The maximum Gasteiger partial charge on any atom is 0.255 e. The average molecular weight is 258 g/mol. The zero-order valence-electron chi connectivity index (χ0n) is 11.0. The number of nitrogens with two attached hydrogens (primary N) is 1. The summed E-state index contributed by atoms with van der Waals surface area (Å²) in [4.78, 5) is 18.6. The number of pyridine rings is 1. The first-order valence-corrected chi connectivity index (χ1v) is 6.63. The lowest BCUT2D eigenvalue weighted by atomic mass is 10.1. The number of carbonyl (C=O) groups is 1. The topological polar surface area (TPSA) is 63.6 Å². The van der Waals surface area contributed by atoms with Gasteiger partial charge in [0.2, 0.25) is 0 Å². The molecule has 19 heavy (non-hydrogen) atoms. The Kier molecular flexibility index (Phi) is 2.98. The first-order chi connectivity index (χ1) is 9.19. The molecule has 0 saturated carbocycles. The molecule has 1 aliphatic heterocycles. The van der Waals surface area contributed by atoms with Crippen molar-refractivity contribution in [3.63, 3.8) is 0 Å². The van der Waals surface area contributed by atoms with Gasteiger partial charge in [-0.15, -0.1) is 0 Å². The third kappa shape index (κ3) is 2.10. The number of hydrogen-bond acceptors (Lipinski definition) is 3. The number of rotatable bonds is 2. The largest absolute Gasteiger partial charge is 0.336 e. The standard InChI is InChI=1S/C14H18N4O/c1-10-6-11(7-15)8-18(10)14(19)12-2-3-13-16-4-5-17(13)9-12/h2-5,9-11H,6-8,15H2,1H3. The maximum absolute atomic E-state index is 12.5. The van der Waals surface area contributed by atoms with Gasteiger partial charge in [-0.25, -0.2) is 4.98 Å². The average Bonchev–Trinajstić information content (AvgIpc) is 3.02. The van der Waals surface area contributed by atoms with Crippen molar-refractivity contribution >= 4 is 11.6 Å². The molecule has 1 amide bonds. The lowest BCUT2D eigenvalue weighted by Crippen LogP contribution is -2.34. The smallest absolute Gasteiger partial charge is 0.255 e. The van der Waals surface area contributed by atoms with Crippen molar-refractivity contribution in [1.29, 1.82) is 0 Å². The Labute approximate surface area is 112 Å². The van der Waals surface area contributed by atoms with E-state index < -0.39 is 0 Å². The van der Waals surface area contributed by atoms with Crippen molar-refractivity contribution < 1.29 is 4.79 Å². The molecular formula is C14H18N4O. The zero-order valence-corrected chi connectivity index (χ0v) is 11.0. The van der Waals surface area contributed by atoms with Gasteiger partial charge in [-0.1, -0.05) is 0 Å². The minimum Gasteiger partial charge on any atom is -0.336 e. The number of imidazole rings is 1. The summed E-state index contributed by atoms with van der Waals surface area (Å²) in [6.45, 7) is 3.50. The van der Waals surface area contributed by atoms with Gasteiger partial charge in [-0.2, -0.15) is 0 Å². The van der Waals surface area contributed by atoms with Gasteiger partial charge in [-0.3, -0.25) is 4.79 Å². The summed E-state index contributed by atoms with van der Waals surface area (Å²) in [5.41, 5.74) is 7.26. The van der Waals surface area contributed by atoms with E-state index in [1.807, 2.05) is 33.8 Å². The number of hydrogen-bond donors (Lipinski definition) is 1. The van der Waals surface area contributed by atoms with Crippen LogP contribution in [0.5, 0.6) is 0 Å². The summed E-state index contributed by atoms with van der Waals surface area (Å²) in [6, 6.07) is 3.97. The lowest BCUT2D eigenvalue weighted by molar-refractivity contribution is 0.0743. The van der Waals surface area contributed by atoms with Crippen LogP contribution < -0.4 is 5.73 Å². The van der Waals surface area contributed by atoms with Crippen LogP contribution in [0.15, 0.2) is 30.7 Å². The van der Waals surface area contributed by atoms with Gasteiger partial charge in [0.05, 0.1) is 5.56 Å². The molecule has 2 unspecified atom stereocenters. The van der Waals surface area contributed by atoms with Crippen LogP contribution in [-0.2, 0) is 0 Å². The minimum absolute atomic E-state index is 0.0825. The zero-order chi connectivity index (χ0) is 13.4. The summed E-state index contributed by atoms with van der Waals surface area (Å²) >= 11 is 0. The highest BCUT2D eigenvalue weighted by molar-refractivity contribution is 5.94. The summed E-state index contributed by atoms with van der Waals surface area (Å²) in [6.07, 6.45) is 6.41. The maximum atomic E-state index is 12.5. The number of likely N-dealkylation sites (tertiary alicyclic amines) is 1. The highest BCUT2D eigenvalue weighted by Gasteiger charge is 2.32. The lowest BCUT2D eigenvalue weighted by Gasteiger charge is -2.21. The Morgan fingerprint density at radius 2 is 2.37 bits per heavy atom.